The molecule has 5 heteroatoms. The summed E-state index contributed by atoms with van der Waals surface area (Å²) < 4.78 is 14.9. The van der Waals surface area contributed by atoms with E-state index in [1.54, 1.807) is 23.5 Å². The molecule has 0 saturated carbocycles. The monoisotopic (exact) mass is 285 g/mol. The molecule has 100 valence electrons. The molecule has 0 amide bonds. The van der Waals surface area contributed by atoms with Gasteiger partial charge in [-0.25, -0.2) is 9.07 Å². The summed E-state index contributed by atoms with van der Waals surface area (Å²) in [7, 11) is 0. The Balaban J connectivity index is 1.89. The molecule has 20 heavy (non-hydrogen) atoms. The SMILES string of the molecule is Fc1ccc(-n2nc(-c3ccsc3)c3c2NCC3)cc1. The van der Waals surface area contributed by atoms with Crippen LogP contribution in [0.2, 0.25) is 0 Å². The van der Waals surface area contributed by atoms with Crippen LogP contribution in [0.5, 0.6) is 0 Å². The van der Waals surface area contributed by atoms with Crippen molar-refractivity contribution in [3.05, 3.63) is 52.5 Å². The number of thiophene rings is 1. The molecular weight excluding hydrogens is 273 g/mol. The number of benzene rings is 1. The normalized spacial score (nSPS) is 13.2. The highest BCUT2D eigenvalue weighted by Gasteiger charge is 2.23. The second-order valence-corrected chi connectivity index (χ2v) is 5.53. The average Bonchev–Trinajstić information content (AvgIpc) is 3.16. The van der Waals surface area contributed by atoms with Crippen molar-refractivity contribution in [2.24, 2.45) is 0 Å². The van der Waals surface area contributed by atoms with Crippen LogP contribution in [0.1, 0.15) is 5.56 Å². The summed E-state index contributed by atoms with van der Waals surface area (Å²) in [6, 6.07) is 8.51. The van der Waals surface area contributed by atoms with Gasteiger partial charge in [-0.3, -0.25) is 0 Å². The molecular formula is C15H12FN3S. The molecule has 1 aromatic carbocycles. The van der Waals surface area contributed by atoms with Gasteiger partial charge in [0.2, 0.25) is 0 Å². The number of nitrogens with zero attached hydrogens (tertiary/aromatic N) is 2. The maximum absolute atomic E-state index is 13.1. The molecule has 3 aromatic rings. The Kier molecular flexibility index (Phi) is 2.60. The quantitative estimate of drug-likeness (QED) is 0.778. The zero-order valence-corrected chi connectivity index (χ0v) is 11.5. The number of hydrogen-bond donors (Lipinski definition) is 1. The number of aromatic nitrogens is 2. The first-order chi connectivity index (χ1) is 9.83. The van der Waals surface area contributed by atoms with Crippen molar-refractivity contribution >= 4 is 17.2 Å². The molecule has 0 atom stereocenters. The predicted molar refractivity (Wildman–Crippen MR) is 79.0 cm³/mol. The summed E-state index contributed by atoms with van der Waals surface area (Å²) in [5.41, 5.74) is 4.29. The van der Waals surface area contributed by atoms with Gasteiger partial charge in [0.15, 0.2) is 0 Å². The van der Waals surface area contributed by atoms with Gasteiger partial charge in [-0.1, -0.05) is 0 Å². The van der Waals surface area contributed by atoms with Crippen LogP contribution in [0.4, 0.5) is 10.2 Å². The molecule has 4 rings (SSSR count). The minimum Gasteiger partial charge on any atom is -0.369 e. The fraction of sp³-hybridized carbons (Fsp3) is 0.133. The molecule has 0 fully saturated rings. The number of hydrogen-bond acceptors (Lipinski definition) is 3. The molecule has 0 aliphatic carbocycles. The van der Waals surface area contributed by atoms with E-state index in [0.29, 0.717) is 0 Å². The van der Waals surface area contributed by atoms with Crippen LogP contribution < -0.4 is 5.32 Å². The van der Waals surface area contributed by atoms with Gasteiger partial charge in [0.1, 0.15) is 11.6 Å². The van der Waals surface area contributed by atoms with Crippen molar-refractivity contribution in [1.29, 1.82) is 0 Å². The highest BCUT2D eigenvalue weighted by Crippen LogP contribution is 2.35. The Hall–Kier alpha value is -2.14. The van der Waals surface area contributed by atoms with Crippen LogP contribution in [0, 0.1) is 5.82 Å². The van der Waals surface area contributed by atoms with Crippen molar-refractivity contribution < 1.29 is 4.39 Å². The number of fused-ring (bicyclic) bond motifs is 1. The average molecular weight is 285 g/mol. The van der Waals surface area contributed by atoms with E-state index in [1.165, 1.54) is 17.7 Å². The van der Waals surface area contributed by atoms with Crippen LogP contribution in [0.25, 0.3) is 16.9 Å². The minimum absolute atomic E-state index is 0.233. The summed E-state index contributed by atoms with van der Waals surface area (Å²) in [6.45, 7) is 0.922. The highest BCUT2D eigenvalue weighted by atomic mass is 32.1. The predicted octanol–water partition coefficient (Wildman–Crippen LogP) is 3.71. The molecule has 1 N–H and O–H groups in total. The Bertz CT molecular complexity index is 744. The summed E-state index contributed by atoms with van der Waals surface area (Å²) in [5, 5.41) is 12.3. The van der Waals surface area contributed by atoms with Gasteiger partial charge in [-0.2, -0.15) is 16.4 Å². The van der Waals surface area contributed by atoms with Crippen LogP contribution in [0.15, 0.2) is 41.1 Å². The van der Waals surface area contributed by atoms with Gasteiger partial charge in [0.25, 0.3) is 0 Å². The van der Waals surface area contributed by atoms with E-state index in [4.69, 9.17) is 5.10 Å². The molecule has 3 nitrogen and oxygen atoms in total. The Morgan fingerprint density at radius 2 is 2.05 bits per heavy atom. The van der Waals surface area contributed by atoms with Gasteiger partial charge in [-0.05, 0) is 42.1 Å². The maximum atomic E-state index is 13.1. The molecule has 1 aliphatic rings. The standard InChI is InChI=1S/C15H12FN3S/c16-11-1-3-12(4-2-11)19-15-13(5-7-17-15)14(18-19)10-6-8-20-9-10/h1-4,6,8-9,17H,5,7H2. The van der Waals surface area contributed by atoms with E-state index >= 15 is 0 Å². The number of rotatable bonds is 2. The molecule has 0 spiro atoms. The van der Waals surface area contributed by atoms with Crippen LogP contribution in [-0.2, 0) is 6.42 Å². The van der Waals surface area contributed by atoms with Crippen molar-refractivity contribution in [3.8, 4) is 16.9 Å². The summed E-state index contributed by atoms with van der Waals surface area (Å²) >= 11 is 1.67. The van der Waals surface area contributed by atoms with E-state index in [0.717, 1.165) is 35.7 Å². The third-order valence-electron chi connectivity index (χ3n) is 3.52. The minimum atomic E-state index is -0.233. The Labute approximate surface area is 119 Å². The topological polar surface area (TPSA) is 29.9 Å². The second kappa shape index (κ2) is 4.45. The lowest BCUT2D eigenvalue weighted by atomic mass is 10.1. The summed E-state index contributed by atoms with van der Waals surface area (Å²) in [6.07, 6.45) is 0.974. The van der Waals surface area contributed by atoms with E-state index in [-0.39, 0.29) is 5.82 Å². The molecule has 1 aliphatic heterocycles. The van der Waals surface area contributed by atoms with Gasteiger partial charge in [0.05, 0.1) is 11.4 Å². The van der Waals surface area contributed by atoms with E-state index < -0.39 is 0 Å². The first kappa shape index (κ1) is 11.7. The van der Waals surface area contributed by atoms with Gasteiger partial charge in [-0.15, -0.1) is 0 Å². The second-order valence-electron chi connectivity index (χ2n) is 4.75. The lowest BCUT2D eigenvalue weighted by Gasteiger charge is -2.05. The largest absolute Gasteiger partial charge is 0.369 e. The smallest absolute Gasteiger partial charge is 0.133 e. The third kappa shape index (κ3) is 1.74. The van der Waals surface area contributed by atoms with E-state index in [2.05, 4.69) is 22.1 Å². The van der Waals surface area contributed by atoms with Crippen LogP contribution >= 0.6 is 11.3 Å². The summed E-state index contributed by atoms with van der Waals surface area (Å²) in [4.78, 5) is 0. The maximum Gasteiger partial charge on any atom is 0.133 e. The van der Waals surface area contributed by atoms with Gasteiger partial charge >= 0.3 is 0 Å². The lowest BCUT2D eigenvalue weighted by molar-refractivity contribution is 0.627. The first-order valence-electron chi connectivity index (χ1n) is 6.47. The highest BCUT2D eigenvalue weighted by molar-refractivity contribution is 7.08. The number of nitrogens with one attached hydrogen (secondary N) is 1. The number of halogens is 1. The summed E-state index contributed by atoms with van der Waals surface area (Å²) in [5.74, 6) is 0.793. The van der Waals surface area contributed by atoms with Crippen LogP contribution in [0.3, 0.4) is 0 Å². The Morgan fingerprint density at radius 3 is 2.80 bits per heavy atom. The molecule has 0 unspecified atom stereocenters. The fourth-order valence-electron chi connectivity index (χ4n) is 2.57. The molecule has 0 radical (unpaired) electrons. The van der Waals surface area contributed by atoms with Crippen molar-refractivity contribution in [2.75, 3.05) is 11.9 Å². The first-order valence-corrected chi connectivity index (χ1v) is 7.41. The zero-order chi connectivity index (χ0) is 13.5. The van der Waals surface area contributed by atoms with Gasteiger partial charge < -0.3 is 5.32 Å². The fourth-order valence-corrected chi connectivity index (χ4v) is 3.22. The van der Waals surface area contributed by atoms with Crippen LogP contribution in [-0.4, -0.2) is 16.3 Å². The number of anilines is 1. The van der Waals surface area contributed by atoms with Gasteiger partial charge in [0, 0.05) is 23.1 Å². The molecule has 0 saturated heterocycles. The molecule has 0 bridgehead atoms. The zero-order valence-electron chi connectivity index (χ0n) is 10.6. The third-order valence-corrected chi connectivity index (χ3v) is 4.20. The van der Waals surface area contributed by atoms with E-state index in [1.807, 2.05) is 4.68 Å². The van der Waals surface area contributed by atoms with Crippen molar-refractivity contribution in [1.82, 2.24) is 9.78 Å². The lowest BCUT2D eigenvalue weighted by Crippen LogP contribution is -2.04. The Morgan fingerprint density at radius 1 is 1.20 bits per heavy atom. The van der Waals surface area contributed by atoms with E-state index in [9.17, 15) is 4.39 Å². The van der Waals surface area contributed by atoms with Crippen molar-refractivity contribution in [3.63, 3.8) is 0 Å². The van der Waals surface area contributed by atoms with Crippen molar-refractivity contribution in [2.45, 2.75) is 6.42 Å². The molecule has 2 aromatic heterocycles. The molecule has 3 heterocycles.